The number of aryl methyl sites for hydroxylation is 1. The quantitative estimate of drug-likeness (QED) is 0.568. The third kappa shape index (κ3) is 7.36. The highest BCUT2D eigenvalue weighted by Gasteiger charge is 2.30. The van der Waals surface area contributed by atoms with Crippen molar-refractivity contribution in [3.05, 3.63) is 35.4 Å². The van der Waals surface area contributed by atoms with Gasteiger partial charge in [0.1, 0.15) is 11.7 Å². The maximum Gasteiger partial charge on any atom is 0.309 e. The zero-order chi connectivity index (χ0) is 20.8. The largest absolute Gasteiger partial charge is 0.462 e. The van der Waals surface area contributed by atoms with Gasteiger partial charge in [0, 0.05) is 5.92 Å². The fraction of sp³-hybridized carbons (Fsp3) is 0.652. The molecule has 0 aliphatic carbocycles. The molecule has 152 valence electrons. The SMILES string of the molecule is CCC(C)[C@@H](c1ccccc1C)[C@H](C)OC(=O)[C@H](C)CC(=O)OC(C)(C)C. The number of carbonyl (C=O) groups is 2. The van der Waals surface area contributed by atoms with Gasteiger partial charge in [-0.15, -0.1) is 0 Å². The van der Waals surface area contributed by atoms with Crippen LogP contribution in [-0.4, -0.2) is 23.6 Å². The Labute approximate surface area is 164 Å². The van der Waals surface area contributed by atoms with Crippen LogP contribution in [0.5, 0.6) is 0 Å². The van der Waals surface area contributed by atoms with Crippen molar-refractivity contribution in [3.63, 3.8) is 0 Å². The molecule has 4 atom stereocenters. The number of hydrogen-bond acceptors (Lipinski definition) is 4. The third-order valence-corrected chi connectivity index (χ3v) is 4.91. The molecule has 0 spiro atoms. The van der Waals surface area contributed by atoms with Crippen LogP contribution in [-0.2, 0) is 19.1 Å². The maximum absolute atomic E-state index is 12.6. The second kappa shape index (κ2) is 9.91. The van der Waals surface area contributed by atoms with Crippen LogP contribution in [0.25, 0.3) is 0 Å². The first kappa shape index (κ1) is 23.2. The fourth-order valence-corrected chi connectivity index (χ4v) is 3.33. The predicted octanol–water partition coefficient (Wildman–Crippen LogP) is 5.42. The average molecular weight is 377 g/mol. The van der Waals surface area contributed by atoms with Crippen molar-refractivity contribution in [2.24, 2.45) is 11.8 Å². The molecule has 0 fully saturated rings. The molecule has 4 heteroatoms. The van der Waals surface area contributed by atoms with E-state index in [0.29, 0.717) is 5.92 Å². The highest BCUT2D eigenvalue weighted by atomic mass is 16.6. The van der Waals surface area contributed by atoms with Gasteiger partial charge in [-0.05, 0) is 51.7 Å². The molecule has 1 unspecified atom stereocenters. The van der Waals surface area contributed by atoms with E-state index < -0.39 is 11.5 Å². The van der Waals surface area contributed by atoms with Gasteiger partial charge in [-0.3, -0.25) is 9.59 Å². The van der Waals surface area contributed by atoms with Crippen molar-refractivity contribution in [1.82, 2.24) is 0 Å². The highest BCUT2D eigenvalue weighted by Crippen LogP contribution is 2.34. The lowest BCUT2D eigenvalue weighted by Gasteiger charge is -2.31. The first-order valence-corrected chi connectivity index (χ1v) is 9.94. The minimum Gasteiger partial charge on any atom is -0.462 e. The lowest BCUT2D eigenvalue weighted by atomic mass is 9.80. The van der Waals surface area contributed by atoms with Crippen LogP contribution in [0.4, 0.5) is 0 Å². The zero-order valence-electron chi connectivity index (χ0n) is 18.2. The normalized spacial score (nSPS) is 16.1. The second-order valence-corrected chi connectivity index (χ2v) is 8.60. The fourth-order valence-electron chi connectivity index (χ4n) is 3.33. The van der Waals surface area contributed by atoms with E-state index >= 15 is 0 Å². The molecule has 0 saturated carbocycles. The summed E-state index contributed by atoms with van der Waals surface area (Å²) in [6, 6.07) is 8.24. The van der Waals surface area contributed by atoms with Crippen molar-refractivity contribution in [1.29, 1.82) is 0 Å². The molecule has 0 aliphatic rings. The van der Waals surface area contributed by atoms with Crippen LogP contribution < -0.4 is 0 Å². The van der Waals surface area contributed by atoms with Crippen LogP contribution in [0.3, 0.4) is 0 Å². The molecule has 0 heterocycles. The van der Waals surface area contributed by atoms with E-state index in [9.17, 15) is 9.59 Å². The van der Waals surface area contributed by atoms with Crippen LogP contribution >= 0.6 is 0 Å². The molecule has 0 radical (unpaired) electrons. The van der Waals surface area contributed by atoms with E-state index in [4.69, 9.17) is 9.47 Å². The van der Waals surface area contributed by atoms with E-state index in [0.717, 1.165) is 6.42 Å². The minimum absolute atomic E-state index is 0.0290. The van der Waals surface area contributed by atoms with Crippen LogP contribution in [0, 0.1) is 18.8 Å². The van der Waals surface area contributed by atoms with Crippen LogP contribution in [0.2, 0.25) is 0 Å². The van der Waals surface area contributed by atoms with Gasteiger partial charge < -0.3 is 9.47 Å². The molecule has 27 heavy (non-hydrogen) atoms. The molecule has 0 aromatic heterocycles. The summed E-state index contributed by atoms with van der Waals surface area (Å²) >= 11 is 0. The summed E-state index contributed by atoms with van der Waals surface area (Å²) in [5.74, 6) is -0.770. The molecular formula is C23H36O4. The number of carbonyl (C=O) groups excluding carboxylic acids is 2. The Morgan fingerprint density at radius 3 is 2.19 bits per heavy atom. The Morgan fingerprint density at radius 1 is 1.07 bits per heavy atom. The molecule has 1 aromatic carbocycles. The van der Waals surface area contributed by atoms with E-state index in [2.05, 4.69) is 32.9 Å². The summed E-state index contributed by atoms with van der Waals surface area (Å²) in [4.78, 5) is 24.5. The van der Waals surface area contributed by atoms with Crippen molar-refractivity contribution < 1.29 is 19.1 Å². The van der Waals surface area contributed by atoms with E-state index in [1.54, 1.807) is 6.92 Å². The van der Waals surface area contributed by atoms with Gasteiger partial charge in [-0.1, -0.05) is 51.5 Å². The van der Waals surface area contributed by atoms with Gasteiger partial charge >= 0.3 is 11.9 Å². The summed E-state index contributed by atoms with van der Waals surface area (Å²) in [5, 5.41) is 0. The monoisotopic (exact) mass is 376 g/mol. The predicted molar refractivity (Wildman–Crippen MR) is 109 cm³/mol. The number of esters is 2. The molecule has 4 nitrogen and oxygen atoms in total. The molecule has 0 saturated heterocycles. The highest BCUT2D eigenvalue weighted by molar-refractivity contribution is 5.80. The van der Waals surface area contributed by atoms with Gasteiger partial charge in [0.25, 0.3) is 0 Å². The molecule has 0 bridgehead atoms. The first-order valence-electron chi connectivity index (χ1n) is 9.94. The summed E-state index contributed by atoms with van der Waals surface area (Å²) in [6.07, 6.45) is 0.754. The summed E-state index contributed by atoms with van der Waals surface area (Å²) in [7, 11) is 0. The van der Waals surface area contributed by atoms with Gasteiger partial charge in [0.2, 0.25) is 0 Å². The van der Waals surface area contributed by atoms with Crippen molar-refractivity contribution in [2.45, 2.75) is 85.9 Å². The zero-order valence-corrected chi connectivity index (χ0v) is 18.2. The van der Waals surface area contributed by atoms with Crippen LogP contribution in [0.15, 0.2) is 24.3 Å². The number of benzene rings is 1. The Morgan fingerprint density at radius 2 is 1.67 bits per heavy atom. The topological polar surface area (TPSA) is 52.6 Å². The Hall–Kier alpha value is -1.84. The van der Waals surface area contributed by atoms with E-state index in [-0.39, 0.29) is 30.4 Å². The Balaban J connectivity index is 2.83. The van der Waals surface area contributed by atoms with Crippen LogP contribution in [0.1, 0.15) is 78.4 Å². The molecule has 1 aromatic rings. The van der Waals surface area contributed by atoms with Gasteiger partial charge in [0.15, 0.2) is 0 Å². The standard InChI is InChI=1S/C23H36O4/c1-9-15(2)21(19-13-11-10-12-16(19)3)18(5)26-22(25)17(4)14-20(24)27-23(6,7)8/h10-13,15,17-18,21H,9,14H2,1-8H3/t15?,17-,18+,21-/m1/s1. The molecular weight excluding hydrogens is 340 g/mol. The molecule has 0 N–H and O–H groups in total. The number of ether oxygens (including phenoxy) is 2. The summed E-state index contributed by atoms with van der Waals surface area (Å²) in [5.41, 5.74) is 1.86. The van der Waals surface area contributed by atoms with E-state index in [1.807, 2.05) is 39.8 Å². The van der Waals surface area contributed by atoms with Crippen molar-refractivity contribution in [2.75, 3.05) is 0 Å². The lowest BCUT2D eigenvalue weighted by Crippen LogP contribution is -2.31. The molecule has 0 aliphatic heterocycles. The van der Waals surface area contributed by atoms with Crippen molar-refractivity contribution in [3.8, 4) is 0 Å². The Bertz CT molecular complexity index is 630. The molecule has 0 amide bonds. The smallest absolute Gasteiger partial charge is 0.309 e. The average Bonchev–Trinajstić information content (AvgIpc) is 2.54. The van der Waals surface area contributed by atoms with Gasteiger partial charge in [-0.2, -0.15) is 0 Å². The molecule has 1 rings (SSSR count). The van der Waals surface area contributed by atoms with Gasteiger partial charge in [0.05, 0.1) is 12.3 Å². The number of rotatable bonds is 8. The maximum atomic E-state index is 12.6. The summed E-state index contributed by atoms with van der Waals surface area (Å²) < 4.78 is 11.1. The van der Waals surface area contributed by atoms with Crippen molar-refractivity contribution >= 4 is 11.9 Å². The minimum atomic E-state index is -0.555. The Kier molecular flexibility index (Phi) is 8.52. The number of hydrogen-bond donors (Lipinski definition) is 0. The lowest BCUT2D eigenvalue weighted by molar-refractivity contribution is -0.163. The first-order chi connectivity index (χ1) is 12.5. The second-order valence-electron chi connectivity index (χ2n) is 8.60. The van der Waals surface area contributed by atoms with E-state index in [1.165, 1.54) is 11.1 Å². The van der Waals surface area contributed by atoms with Gasteiger partial charge in [-0.25, -0.2) is 0 Å². The third-order valence-electron chi connectivity index (χ3n) is 4.91. The summed E-state index contributed by atoms with van der Waals surface area (Å²) in [6.45, 7) is 15.5.